The third kappa shape index (κ3) is 2.59. The molecule has 1 amide bonds. The zero-order valence-corrected chi connectivity index (χ0v) is 13.7. The molecule has 2 aromatic rings. The second-order valence-electron chi connectivity index (χ2n) is 5.41. The van der Waals surface area contributed by atoms with E-state index in [9.17, 15) is 9.00 Å². The predicted molar refractivity (Wildman–Crippen MR) is 90.1 cm³/mol. The van der Waals surface area contributed by atoms with Crippen molar-refractivity contribution in [1.29, 1.82) is 0 Å². The van der Waals surface area contributed by atoms with Gasteiger partial charge in [-0.2, -0.15) is 0 Å². The lowest BCUT2D eigenvalue weighted by Gasteiger charge is -2.24. The molecule has 0 aromatic heterocycles. The molecule has 1 unspecified atom stereocenters. The fourth-order valence-corrected chi connectivity index (χ4v) is 3.75. The molecule has 0 radical (unpaired) electrons. The molecule has 1 heterocycles. The lowest BCUT2D eigenvalue weighted by atomic mass is 10.0. The summed E-state index contributed by atoms with van der Waals surface area (Å²) >= 11 is 0. The van der Waals surface area contributed by atoms with E-state index < -0.39 is 10.8 Å². The summed E-state index contributed by atoms with van der Waals surface area (Å²) in [6.45, 7) is 3.48. The van der Waals surface area contributed by atoms with Crippen molar-refractivity contribution in [3.8, 4) is 0 Å². The average Bonchev–Trinajstić information content (AvgIpc) is 2.70. The topological polar surface area (TPSA) is 37.4 Å². The van der Waals surface area contributed by atoms with E-state index in [1.54, 1.807) is 11.8 Å². The monoisotopic (exact) mass is 313 g/mol. The minimum atomic E-state index is -1.02. The average molecular weight is 313 g/mol. The standard InChI is InChI=1S/C18H19NO2S/c1-3-22(21)16-11-10-15-9-8-14-6-4-5-7-17(14)19(13(2)20)18(15)12-16/h4-7,10-12H,3,8-9H2,1-2H3. The van der Waals surface area contributed by atoms with Gasteiger partial charge in [-0.25, -0.2) is 0 Å². The second kappa shape index (κ2) is 6.05. The number of aryl methyl sites for hydroxylation is 2. The summed E-state index contributed by atoms with van der Waals surface area (Å²) in [6.07, 6.45) is 1.79. The van der Waals surface area contributed by atoms with Gasteiger partial charge in [-0.1, -0.05) is 31.2 Å². The van der Waals surface area contributed by atoms with Crippen LogP contribution in [-0.4, -0.2) is 15.9 Å². The molecule has 4 heteroatoms. The molecule has 1 atom stereocenters. The molecule has 22 heavy (non-hydrogen) atoms. The second-order valence-corrected chi connectivity index (χ2v) is 7.15. The van der Waals surface area contributed by atoms with E-state index in [0.29, 0.717) is 5.75 Å². The fraction of sp³-hybridized carbons (Fsp3) is 0.278. The Hall–Kier alpha value is -1.94. The largest absolute Gasteiger partial charge is 0.281 e. The molecule has 1 aliphatic rings. The van der Waals surface area contributed by atoms with E-state index in [1.807, 2.05) is 43.3 Å². The first-order valence-corrected chi connectivity index (χ1v) is 8.83. The smallest absolute Gasteiger partial charge is 0.228 e. The predicted octanol–water partition coefficient (Wildman–Crippen LogP) is 3.60. The van der Waals surface area contributed by atoms with E-state index in [2.05, 4.69) is 6.07 Å². The number of carbonyl (C=O) groups is 1. The highest BCUT2D eigenvalue weighted by Gasteiger charge is 2.24. The quantitative estimate of drug-likeness (QED) is 0.849. The lowest BCUT2D eigenvalue weighted by molar-refractivity contribution is -0.115. The maximum absolute atomic E-state index is 12.3. The van der Waals surface area contributed by atoms with Crippen molar-refractivity contribution in [1.82, 2.24) is 0 Å². The van der Waals surface area contributed by atoms with Crippen molar-refractivity contribution in [2.45, 2.75) is 31.6 Å². The van der Waals surface area contributed by atoms with Crippen LogP contribution < -0.4 is 4.90 Å². The van der Waals surface area contributed by atoms with Gasteiger partial charge in [0.1, 0.15) is 0 Å². The highest BCUT2D eigenvalue weighted by atomic mass is 32.2. The van der Waals surface area contributed by atoms with Gasteiger partial charge >= 0.3 is 0 Å². The molecule has 2 aromatic carbocycles. The van der Waals surface area contributed by atoms with Crippen molar-refractivity contribution in [2.24, 2.45) is 0 Å². The summed E-state index contributed by atoms with van der Waals surface area (Å²) < 4.78 is 12.1. The molecule has 0 fully saturated rings. The Morgan fingerprint density at radius 1 is 1.09 bits per heavy atom. The van der Waals surface area contributed by atoms with Crippen LogP contribution in [0.3, 0.4) is 0 Å². The van der Waals surface area contributed by atoms with Crippen LogP contribution in [0.25, 0.3) is 0 Å². The van der Waals surface area contributed by atoms with Crippen molar-refractivity contribution in [3.63, 3.8) is 0 Å². The molecule has 3 rings (SSSR count). The van der Waals surface area contributed by atoms with Gasteiger partial charge in [0.25, 0.3) is 0 Å². The maximum Gasteiger partial charge on any atom is 0.228 e. The third-order valence-electron chi connectivity index (χ3n) is 4.03. The van der Waals surface area contributed by atoms with E-state index in [0.717, 1.165) is 34.7 Å². The Labute approximate surface area is 133 Å². The molecule has 0 saturated heterocycles. The van der Waals surface area contributed by atoms with E-state index in [-0.39, 0.29) is 5.91 Å². The van der Waals surface area contributed by atoms with Crippen LogP contribution in [0.5, 0.6) is 0 Å². The summed E-state index contributed by atoms with van der Waals surface area (Å²) in [5.41, 5.74) is 4.11. The summed E-state index contributed by atoms with van der Waals surface area (Å²) in [5, 5.41) is 0. The van der Waals surface area contributed by atoms with E-state index >= 15 is 0 Å². The summed E-state index contributed by atoms with van der Waals surface area (Å²) in [4.78, 5) is 14.8. The van der Waals surface area contributed by atoms with E-state index in [1.165, 1.54) is 5.56 Å². The Kier molecular flexibility index (Phi) is 4.12. The van der Waals surface area contributed by atoms with Crippen LogP contribution in [0.15, 0.2) is 47.4 Å². The van der Waals surface area contributed by atoms with Gasteiger partial charge in [0, 0.05) is 17.6 Å². The zero-order chi connectivity index (χ0) is 15.7. The van der Waals surface area contributed by atoms with Crippen molar-refractivity contribution in [2.75, 3.05) is 10.7 Å². The first kappa shape index (κ1) is 15.0. The summed E-state index contributed by atoms with van der Waals surface area (Å²) in [5.74, 6) is 0.560. The first-order chi connectivity index (χ1) is 10.6. The number of rotatable bonds is 2. The molecule has 0 N–H and O–H groups in total. The van der Waals surface area contributed by atoms with Gasteiger partial charge < -0.3 is 0 Å². The van der Waals surface area contributed by atoms with Crippen LogP contribution in [0, 0.1) is 0 Å². The Morgan fingerprint density at radius 3 is 2.45 bits per heavy atom. The van der Waals surface area contributed by atoms with Gasteiger partial charge in [0.15, 0.2) is 0 Å². The van der Waals surface area contributed by atoms with Gasteiger partial charge in [-0.3, -0.25) is 13.9 Å². The van der Waals surface area contributed by atoms with Crippen LogP contribution in [-0.2, 0) is 28.4 Å². The molecule has 0 aliphatic carbocycles. The number of fused-ring (bicyclic) bond motifs is 2. The SMILES string of the molecule is CCS(=O)c1ccc2c(c1)N(C(C)=O)c1ccccc1CC2. The number of nitrogens with zero attached hydrogens (tertiary/aromatic N) is 1. The summed E-state index contributed by atoms with van der Waals surface area (Å²) in [6, 6.07) is 13.9. The number of anilines is 2. The molecule has 0 spiro atoms. The molecular weight excluding hydrogens is 294 g/mol. The third-order valence-corrected chi connectivity index (χ3v) is 5.34. The van der Waals surface area contributed by atoms with Crippen molar-refractivity contribution in [3.05, 3.63) is 53.6 Å². The number of amides is 1. The van der Waals surface area contributed by atoms with Gasteiger partial charge in [0.2, 0.25) is 5.91 Å². The van der Waals surface area contributed by atoms with Crippen LogP contribution >= 0.6 is 0 Å². The Morgan fingerprint density at radius 2 is 1.77 bits per heavy atom. The number of carbonyl (C=O) groups excluding carboxylic acids is 1. The van der Waals surface area contributed by atoms with Crippen LogP contribution in [0.4, 0.5) is 11.4 Å². The fourth-order valence-electron chi connectivity index (χ4n) is 2.95. The highest BCUT2D eigenvalue weighted by molar-refractivity contribution is 7.85. The Bertz CT molecular complexity index is 755. The van der Waals surface area contributed by atoms with Crippen LogP contribution in [0.2, 0.25) is 0 Å². The molecule has 114 valence electrons. The zero-order valence-electron chi connectivity index (χ0n) is 12.8. The first-order valence-electron chi connectivity index (χ1n) is 7.51. The normalized spacial score (nSPS) is 14.7. The van der Waals surface area contributed by atoms with E-state index in [4.69, 9.17) is 0 Å². The number of hydrogen-bond donors (Lipinski definition) is 0. The van der Waals surface area contributed by atoms with Crippen LogP contribution in [0.1, 0.15) is 25.0 Å². The molecule has 3 nitrogen and oxygen atoms in total. The molecule has 1 aliphatic heterocycles. The number of hydrogen-bond acceptors (Lipinski definition) is 2. The highest BCUT2D eigenvalue weighted by Crippen LogP contribution is 2.37. The molecule has 0 bridgehead atoms. The molecular formula is C18H19NO2S. The van der Waals surface area contributed by atoms with Crippen molar-refractivity contribution < 1.29 is 9.00 Å². The lowest BCUT2D eigenvalue weighted by Crippen LogP contribution is -2.24. The number of para-hydroxylation sites is 1. The van der Waals surface area contributed by atoms with Crippen molar-refractivity contribution >= 4 is 28.1 Å². The number of benzene rings is 2. The minimum Gasteiger partial charge on any atom is -0.281 e. The minimum absolute atomic E-state index is 0.0185. The Balaban J connectivity index is 2.20. The maximum atomic E-state index is 12.3. The molecule has 0 saturated carbocycles. The summed E-state index contributed by atoms with van der Waals surface area (Å²) in [7, 11) is -1.02. The van der Waals surface area contributed by atoms with Gasteiger partial charge in [0.05, 0.1) is 22.2 Å². The van der Waals surface area contributed by atoms with Gasteiger partial charge in [-0.15, -0.1) is 0 Å². The van der Waals surface area contributed by atoms with Gasteiger partial charge in [-0.05, 0) is 42.2 Å².